The molecule has 2 saturated heterocycles. The predicted molar refractivity (Wildman–Crippen MR) is 477 cm³/mol. The number of rotatable bonds is 28. The molecule has 0 unspecified atom stereocenters. The third-order valence-corrected chi connectivity index (χ3v) is 24.4. The van der Waals surface area contributed by atoms with Crippen LogP contribution in [0.25, 0.3) is 11.1 Å². The van der Waals surface area contributed by atoms with Crippen molar-refractivity contribution in [3.05, 3.63) is 164 Å². The lowest BCUT2D eigenvalue weighted by atomic mass is 9.89. The lowest BCUT2D eigenvalue weighted by Gasteiger charge is -2.41. The summed E-state index contributed by atoms with van der Waals surface area (Å²) < 4.78 is 50.1. The molecule has 42 heteroatoms. The average Bonchev–Trinajstić information content (AvgIpc) is 0.760. The first-order chi connectivity index (χ1) is 64.2. The summed E-state index contributed by atoms with van der Waals surface area (Å²) in [6.07, 6.45) is -14.9. The quantitative estimate of drug-likeness (QED) is 0.0247. The summed E-state index contributed by atoms with van der Waals surface area (Å²) in [5, 5.41) is 158. The fourth-order valence-corrected chi connectivity index (χ4v) is 16.9. The van der Waals surface area contributed by atoms with Gasteiger partial charge in [-0.15, -0.1) is 0 Å². The van der Waals surface area contributed by atoms with Gasteiger partial charge in [0.15, 0.2) is 29.1 Å². The SMILES string of the molecule is CN[C@@H]1C(=O)N[C@@H]2Cc3ccc(cc3)Oc3cc4cc(c3O[C@@H]3O[C@H](C(=O)OC)[C@@H](O)[C@H](O)[C@H]3NC(=O)CCCCCCCC(C)C)Oc3ccc(cc3Cl)[C@@H](O)[C@@H]3NC(=O)[C@H](NC(=O)[C@@H]4NC(=O)[C@@H](NC2=O)c2cc(cc(O)c2Cl)Oc2cc1ccc2O)c1ccc(O)c(c1)-c1c(O[C@H]2O[C@H](CO)[C@@H](O)[C@H](O)[C@@H]2O)cc(O)cc1[C@H](C(=O)NCCCNCCCNCCCN)NC3=O. The number of methoxy groups -OCH3 is 1. The van der Waals surface area contributed by atoms with Gasteiger partial charge in [0.25, 0.3) is 0 Å². The first-order valence-corrected chi connectivity index (χ1v) is 44.8. The lowest BCUT2D eigenvalue weighted by molar-refractivity contribution is -0.277. The summed E-state index contributed by atoms with van der Waals surface area (Å²) in [6.45, 7) is 5.96. The van der Waals surface area contributed by atoms with Crippen LogP contribution < -0.4 is 87.9 Å². The van der Waals surface area contributed by atoms with E-state index in [1.165, 1.54) is 55.6 Å². The molecule has 7 aromatic carbocycles. The van der Waals surface area contributed by atoms with Crippen molar-refractivity contribution < 1.29 is 137 Å². The number of hydrogen-bond acceptors (Lipinski definition) is 32. The highest BCUT2D eigenvalue weighted by atomic mass is 35.5. The van der Waals surface area contributed by atoms with Crippen LogP contribution >= 0.6 is 23.2 Å². The van der Waals surface area contributed by atoms with Gasteiger partial charge in [-0.25, -0.2) is 4.79 Å². The number of ether oxygens (including phenoxy) is 8. The van der Waals surface area contributed by atoms with Crippen molar-refractivity contribution in [1.29, 1.82) is 0 Å². The van der Waals surface area contributed by atoms with E-state index in [-0.39, 0.29) is 47.8 Å². The monoisotopic (exact) mass is 1900 g/mol. The molecule has 17 bridgehead atoms. The number of carbonyl (C=O) groups is 9. The normalized spacial score (nSPS) is 25.2. The molecule has 0 radical (unpaired) electrons. The number of fused-ring (bicyclic) bond motifs is 14. The van der Waals surface area contributed by atoms with Crippen molar-refractivity contribution in [2.45, 2.75) is 194 Å². The molecule has 8 heterocycles. The van der Waals surface area contributed by atoms with E-state index < -0.39 is 271 Å². The number of esters is 1. The van der Waals surface area contributed by atoms with E-state index in [2.05, 4.69) is 72.3 Å². The van der Waals surface area contributed by atoms with Gasteiger partial charge in [-0.1, -0.05) is 99.5 Å². The van der Waals surface area contributed by atoms with Crippen LogP contribution in [0.4, 0.5) is 0 Å². The van der Waals surface area contributed by atoms with Gasteiger partial charge in [0.2, 0.25) is 65.6 Å². The number of aliphatic hydroxyl groups excluding tert-OH is 7. The predicted octanol–water partition coefficient (Wildman–Crippen LogP) is 3.22. The van der Waals surface area contributed by atoms with Crippen molar-refractivity contribution in [1.82, 2.24) is 58.5 Å². The molecule has 18 atom stereocenters. The molecule has 134 heavy (non-hydrogen) atoms. The van der Waals surface area contributed by atoms with Gasteiger partial charge in [-0.2, -0.15) is 0 Å². The number of halogens is 2. The molecule has 0 aromatic heterocycles. The minimum absolute atomic E-state index is 0.114. The van der Waals surface area contributed by atoms with Crippen molar-refractivity contribution in [3.8, 4) is 80.1 Å². The van der Waals surface area contributed by atoms with Crippen LogP contribution in [0.5, 0.6) is 69.0 Å². The largest absolute Gasteiger partial charge is 0.508 e. The number of nitrogens with two attached hydrogens (primary N) is 1. The lowest BCUT2D eigenvalue weighted by Crippen LogP contribution is -2.66. The molecule has 8 aliphatic rings. The summed E-state index contributed by atoms with van der Waals surface area (Å²) >= 11 is 14.4. The Labute approximate surface area is 778 Å². The van der Waals surface area contributed by atoms with Gasteiger partial charge in [-0.05, 0) is 178 Å². The molecule has 0 aliphatic carbocycles. The second-order valence-electron chi connectivity index (χ2n) is 33.7. The van der Waals surface area contributed by atoms with Crippen LogP contribution in [0.3, 0.4) is 0 Å². The van der Waals surface area contributed by atoms with Crippen molar-refractivity contribution in [2.24, 2.45) is 11.7 Å². The average molecular weight is 1900 g/mol. The van der Waals surface area contributed by atoms with Gasteiger partial charge >= 0.3 is 5.97 Å². The van der Waals surface area contributed by atoms with E-state index >= 15 is 28.8 Å². The molecule has 40 nitrogen and oxygen atoms in total. The summed E-state index contributed by atoms with van der Waals surface area (Å²) in [5.74, 6) is -16.7. The molecular weight excluding hydrogens is 1790 g/mol. The van der Waals surface area contributed by atoms with E-state index in [4.69, 9.17) is 66.8 Å². The molecular formula is C92H110Cl2N12O28. The maximum atomic E-state index is 16.9. The molecule has 8 aliphatic heterocycles. The second-order valence-corrected chi connectivity index (χ2v) is 34.5. The number of unbranched alkanes of at least 4 members (excludes halogenated alkanes) is 4. The highest BCUT2D eigenvalue weighted by Gasteiger charge is 2.52. The topological polar surface area (TPSA) is 608 Å². The van der Waals surface area contributed by atoms with Crippen molar-refractivity contribution in [3.63, 3.8) is 0 Å². The molecule has 0 spiro atoms. The van der Waals surface area contributed by atoms with E-state index in [0.717, 1.165) is 119 Å². The van der Waals surface area contributed by atoms with Crippen molar-refractivity contribution >= 4 is 76.4 Å². The van der Waals surface area contributed by atoms with Crippen LogP contribution in [0.1, 0.15) is 153 Å². The zero-order valence-electron chi connectivity index (χ0n) is 73.4. The Bertz CT molecular complexity index is 5450. The number of nitrogens with one attached hydrogen (secondary N) is 11. The first-order valence-electron chi connectivity index (χ1n) is 44.0. The number of phenolic OH excluding ortho intramolecular Hbond substituents is 4. The molecule has 7 aromatic rings. The minimum Gasteiger partial charge on any atom is -0.508 e. The molecule has 0 saturated carbocycles. The van der Waals surface area contributed by atoms with Gasteiger partial charge < -0.3 is 158 Å². The van der Waals surface area contributed by atoms with E-state index in [1.807, 2.05) is 0 Å². The maximum absolute atomic E-state index is 16.9. The van der Waals surface area contributed by atoms with Gasteiger partial charge in [-0.3, -0.25) is 38.4 Å². The van der Waals surface area contributed by atoms with Crippen molar-refractivity contribution in [2.75, 3.05) is 60.0 Å². The molecule has 2 fully saturated rings. The minimum atomic E-state index is -2.44. The van der Waals surface area contributed by atoms with Crippen LogP contribution in [-0.2, 0) is 63.8 Å². The summed E-state index contributed by atoms with van der Waals surface area (Å²) in [7, 11) is 2.40. The fraction of sp³-hybridized carbons (Fsp3) is 0.446. The number of aromatic hydroxyl groups is 4. The van der Waals surface area contributed by atoms with Gasteiger partial charge in [0.1, 0.15) is 131 Å². The van der Waals surface area contributed by atoms with Crippen LogP contribution in [0, 0.1) is 5.92 Å². The van der Waals surface area contributed by atoms with E-state index in [9.17, 15) is 70.6 Å². The zero-order chi connectivity index (χ0) is 96.0. The molecule has 8 amide bonds. The van der Waals surface area contributed by atoms with Crippen LogP contribution in [0.2, 0.25) is 10.0 Å². The smallest absolute Gasteiger partial charge is 0.337 e. The number of benzene rings is 7. The third kappa shape index (κ3) is 23.3. The Morgan fingerprint density at radius 1 is 0.545 bits per heavy atom. The highest BCUT2D eigenvalue weighted by molar-refractivity contribution is 6.33. The Kier molecular flexibility index (Phi) is 33.4. The van der Waals surface area contributed by atoms with E-state index in [1.54, 1.807) is 0 Å². The number of aliphatic hydroxyl groups is 7. The summed E-state index contributed by atoms with van der Waals surface area (Å²) in [5.41, 5.74) is 3.02. The summed E-state index contributed by atoms with van der Waals surface area (Å²) in [4.78, 5) is 140. The number of carbonyl (C=O) groups excluding carboxylic acids is 9. The Hall–Kier alpha value is -12.0. The fourth-order valence-electron chi connectivity index (χ4n) is 16.5. The standard InChI is InChI=1S/C92H110Cl2N12O28/c1-42(2)13-8-6-5-7-9-14-65(112)101-74-77(115)79(117)82(90(126)127-4)134-91(74)133-81-62-35-47-36-63(81)130-59-24-19-46(33-54(59)93)75(113)73-89(125)105-71(84(120)99-30-12-29-98-28-11-27-97-26-10-25-95)52-37-48(108)38-61(131-92-80(118)78(116)76(114)64(41-107)132-92)66(52)51-32-44(17-22-56(51)109)69(86(122)106-73)102-87(123)70(47)103-88(124)72-53-39-50(40-58(111)67(53)94)129-60-34-45(18-23-57(60)110)68(96-3)85(121)100-55(83(119)104-72)31-43-15-20-49(128-62)21-16-43/h15-24,32-40,42,55,64,68-80,82,91-92,96-98,107-111,113-118H,5-14,25-31,41,95H2,1-4H3,(H,99,120)(H,100,121)(H,101,112)(H,102,123)(H,103,124)(H,104,119)(H,105,125)(H,106,122)/t55-,64-,68+,69-,70-,71-,72+,73+,74-,75-,76-,77-,78+,79+,80+,82+,91-,92+/m1/s1. The highest BCUT2D eigenvalue weighted by Crippen LogP contribution is 2.51. The number of phenols is 4. The molecule has 15 rings (SSSR count). The second kappa shape index (κ2) is 44.9. The van der Waals surface area contributed by atoms with Gasteiger partial charge in [0.05, 0.1) is 23.8 Å². The molecule has 24 N–H and O–H groups in total. The first kappa shape index (κ1) is 99.5. The van der Waals surface area contributed by atoms with E-state index in [0.29, 0.717) is 50.5 Å². The Morgan fingerprint density at radius 3 is 1.89 bits per heavy atom. The van der Waals surface area contributed by atoms with Crippen LogP contribution in [-0.4, -0.2) is 243 Å². The number of hydrogen-bond donors (Lipinski definition) is 23. The third-order valence-electron chi connectivity index (χ3n) is 23.7. The number of amides is 8. The Balaban J connectivity index is 1.02. The Morgan fingerprint density at radius 2 is 1.19 bits per heavy atom. The molecule has 720 valence electrons. The van der Waals surface area contributed by atoms with Crippen LogP contribution in [0.15, 0.2) is 115 Å². The zero-order valence-corrected chi connectivity index (χ0v) is 74.9. The maximum Gasteiger partial charge on any atom is 0.337 e. The van der Waals surface area contributed by atoms with Gasteiger partial charge in [0, 0.05) is 48.2 Å². The summed E-state index contributed by atoms with van der Waals surface area (Å²) in [6, 6.07) is 6.00. The number of likely N-dealkylation sites (N-methyl/N-ethyl adjacent to an activating group) is 1.